The predicted octanol–water partition coefficient (Wildman–Crippen LogP) is 0.648. The number of hydrogen-bond donors (Lipinski definition) is 2. The lowest BCUT2D eigenvalue weighted by atomic mass is 9.97. The second-order valence-electron chi connectivity index (χ2n) is 5.34. The molecule has 1 saturated heterocycles. The third kappa shape index (κ3) is 2.36. The van der Waals surface area contributed by atoms with Crippen LogP contribution in [0.15, 0.2) is 30.3 Å². The van der Waals surface area contributed by atoms with Crippen molar-refractivity contribution in [3.8, 4) is 0 Å². The second-order valence-corrected chi connectivity index (χ2v) is 5.34. The standard InChI is InChI=1S/C13H18N6/c1-10-7-13(14,12-15-17-18-16-12)9-19(10)8-11-5-3-2-4-6-11/h2-6,10H,7-9,14H2,1H3,(H,15,16,17,18). The van der Waals surface area contributed by atoms with E-state index >= 15 is 0 Å². The van der Waals surface area contributed by atoms with Crippen LogP contribution in [-0.2, 0) is 12.1 Å². The minimum absolute atomic E-state index is 0.406. The highest BCUT2D eigenvalue weighted by atomic mass is 15.5. The second kappa shape index (κ2) is 4.71. The molecule has 0 radical (unpaired) electrons. The summed E-state index contributed by atoms with van der Waals surface area (Å²) in [6, 6.07) is 10.8. The molecule has 19 heavy (non-hydrogen) atoms. The molecule has 1 aliphatic heterocycles. The molecule has 1 aromatic carbocycles. The van der Waals surface area contributed by atoms with Gasteiger partial charge in [-0.15, -0.1) is 10.2 Å². The summed E-state index contributed by atoms with van der Waals surface area (Å²) in [7, 11) is 0. The number of rotatable bonds is 3. The number of nitrogens with two attached hydrogens (primary N) is 1. The van der Waals surface area contributed by atoms with Gasteiger partial charge < -0.3 is 5.73 Å². The van der Waals surface area contributed by atoms with E-state index in [-0.39, 0.29) is 0 Å². The number of aromatic amines is 1. The molecule has 2 unspecified atom stereocenters. The van der Waals surface area contributed by atoms with Gasteiger partial charge in [0.1, 0.15) is 0 Å². The van der Waals surface area contributed by atoms with E-state index in [1.54, 1.807) is 0 Å². The van der Waals surface area contributed by atoms with Crippen molar-refractivity contribution in [1.29, 1.82) is 0 Å². The highest BCUT2D eigenvalue weighted by molar-refractivity contribution is 5.16. The van der Waals surface area contributed by atoms with Gasteiger partial charge in [0.15, 0.2) is 5.82 Å². The van der Waals surface area contributed by atoms with Crippen LogP contribution in [0.4, 0.5) is 0 Å². The van der Waals surface area contributed by atoms with Gasteiger partial charge in [0, 0.05) is 19.1 Å². The number of nitrogens with zero attached hydrogens (tertiary/aromatic N) is 4. The fourth-order valence-corrected chi connectivity index (χ4v) is 2.80. The van der Waals surface area contributed by atoms with Crippen LogP contribution in [-0.4, -0.2) is 38.1 Å². The number of likely N-dealkylation sites (tertiary alicyclic amines) is 1. The molecular formula is C13H18N6. The van der Waals surface area contributed by atoms with E-state index in [1.165, 1.54) is 5.56 Å². The van der Waals surface area contributed by atoms with Gasteiger partial charge in [-0.25, -0.2) is 0 Å². The van der Waals surface area contributed by atoms with Crippen molar-refractivity contribution in [2.75, 3.05) is 6.54 Å². The zero-order valence-corrected chi connectivity index (χ0v) is 11.0. The van der Waals surface area contributed by atoms with E-state index < -0.39 is 5.54 Å². The lowest BCUT2D eigenvalue weighted by Gasteiger charge is -2.22. The Balaban J connectivity index is 1.75. The van der Waals surface area contributed by atoms with E-state index in [4.69, 9.17) is 5.73 Å². The van der Waals surface area contributed by atoms with E-state index in [9.17, 15) is 0 Å². The van der Waals surface area contributed by atoms with Gasteiger partial charge in [0.25, 0.3) is 0 Å². The molecule has 6 heteroatoms. The van der Waals surface area contributed by atoms with Gasteiger partial charge in [-0.05, 0) is 18.9 Å². The lowest BCUT2D eigenvalue weighted by Crippen LogP contribution is -2.40. The molecule has 0 saturated carbocycles. The minimum Gasteiger partial charge on any atom is -0.318 e. The molecule has 1 aromatic heterocycles. The molecule has 0 bridgehead atoms. The number of benzene rings is 1. The van der Waals surface area contributed by atoms with Crippen molar-refractivity contribution in [3.63, 3.8) is 0 Å². The van der Waals surface area contributed by atoms with Crippen LogP contribution in [0.1, 0.15) is 24.7 Å². The van der Waals surface area contributed by atoms with E-state index in [2.05, 4.69) is 56.7 Å². The van der Waals surface area contributed by atoms with Crippen molar-refractivity contribution >= 4 is 0 Å². The zero-order valence-electron chi connectivity index (χ0n) is 11.0. The summed E-state index contributed by atoms with van der Waals surface area (Å²) in [4.78, 5) is 2.37. The summed E-state index contributed by atoms with van der Waals surface area (Å²) in [5, 5.41) is 14.2. The summed E-state index contributed by atoms with van der Waals surface area (Å²) in [5.74, 6) is 0.606. The van der Waals surface area contributed by atoms with Gasteiger partial charge in [-0.1, -0.05) is 35.5 Å². The average Bonchev–Trinajstić information content (AvgIpc) is 3.01. The Bertz CT molecular complexity index is 525. The van der Waals surface area contributed by atoms with Crippen molar-refractivity contribution in [3.05, 3.63) is 41.7 Å². The first-order valence-electron chi connectivity index (χ1n) is 6.48. The summed E-state index contributed by atoms with van der Waals surface area (Å²) >= 11 is 0. The van der Waals surface area contributed by atoms with Crippen LogP contribution >= 0.6 is 0 Å². The fraction of sp³-hybridized carbons (Fsp3) is 0.462. The SMILES string of the molecule is CC1CC(N)(c2nn[nH]n2)CN1Cc1ccccc1. The van der Waals surface area contributed by atoms with Crippen molar-refractivity contribution < 1.29 is 0 Å². The molecule has 0 aliphatic carbocycles. The molecule has 2 atom stereocenters. The lowest BCUT2D eigenvalue weighted by molar-refractivity contribution is 0.250. The average molecular weight is 258 g/mol. The van der Waals surface area contributed by atoms with Crippen LogP contribution < -0.4 is 5.73 Å². The van der Waals surface area contributed by atoms with Crippen LogP contribution in [0.3, 0.4) is 0 Å². The van der Waals surface area contributed by atoms with Crippen LogP contribution in [0, 0.1) is 0 Å². The fourth-order valence-electron chi connectivity index (χ4n) is 2.80. The van der Waals surface area contributed by atoms with Crippen molar-refractivity contribution in [1.82, 2.24) is 25.5 Å². The van der Waals surface area contributed by atoms with Gasteiger partial charge in [-0.2, -0.15) is 5.21 Å². The highest BCUT2D eigenvalue weighted by Crippen LogP contribution is 2.32. The maximum atomic E-state index is 6.43. The third-order valence-corrected chi connectivity index (χ3v) is 3.79. The summed E-state index contributed by atoms with van der Waals surface area (Å²) in [5.41, 5.74) is 7.23. The first kappa shape index (κ1) is 12.3. The molecule has 0 spiro atoms. The Morgan fingerprint density at radius 1 is 1.42 bits per heavy atom. The Hall–Kier alpha value is -1.79. The Kier molecular flexibility index (Phi) is 3.04. The van der Waals surface area contributed by atoms with Gasteiger partial charge in [0.05, 0.1) is 5.54 Å². The first-order valence-corrected chi connectivity index (χ1v) is 6.48. The molecule has 6 nitrogen and oxygen atoms in total. The van der Waals surface area contributed by atoms with Crippen LogP contribution in [0.5, 0.6) is 0 Å². The van der Waals surface area contributed by atoms with Crippen molar-refractivity contribution in [2.45, 2.75) is 31.5 Å². The Labute approximate surface area is 112 Å². The maximum absolute atomic E-state index is 6.43. The van der Waals surface area contributed by atoms with Crippen molar-refractivity contribution in [2.24, 2.45) is 5.73 Å². The monoisotopic (exact) mass is 258 g/mol. The molecule has 1 aliphatic rings. The van der Waals surface area contributed by atoms with E-state index in [1.807, 2.05) is 6.07 Å². The normalized spacial score (nSPS) is 27.8. The van der Waals surface area contributed by atoms with Gasteiger partial charge >= 0.3 is 0 Å². The van der Waals surface area contributed by atoms with Crippen LogP contribution in [0.2, 0.25) is 0 Å². The number of aromatic nitrogens is 4. The summed E-state index contributed by atoms with van der Waals surface area (Å²) in [6.45, 7) is 3.85. The maximum Gasteiger partial charge on any atom is 0.195 e. The number of nitrogens with one attached hydrogen (secondary N) is 1. The summed E-state index contributed by atoms with van der Waals surface area (Å²) in [6.07, 6.45) is 0.847. The minimum atomic E-state index is -0.499. The molecule has 3 rings (SSSR count). The molecular weight excluding hydrogens is 240 g/mol. The summed E-state index contributed by atoms with van der Waals surface area (Å²) < 4.78 is 0. The quantitative estimate of drug-likeness (QED) is 0.844. The molecule has 3 N–H and O–H groups in total. The van der Waals surface area contributed by atoms with Gasteiger partial charge in [0.2, 0.25) is 0 Å². The van der Waals surface area contributed by atoms with Gasteiger partial charge in [-0.3, -0.25) is 4.90 Å². The van der Waals surface area contributed by atoms with E-state index in [0.717, 1.165) is 19.5 Å². The molecule has 1 fully saturated rings. The molecule has 2 heterocycles. The Morgan fingerprint density at radius 2 is 2.21 bits per heavy atom. The van der Waals surface area contributed by atoms with Crippen LogP contribution in [0.25, 0.3) is 0 Å². The zero-order chi connectivity index (χ0) is 13.3. The third-order valence-electron chi connectivity index (χ3n) is 3.79. The number of H-pyrrole nitrogens is 1. The molecule has 100 valence electrons. The smallest absolute Gasteiger partial charge is 0.195 e. The molecule has 2 aromatic rings. The highest BCUT2D eigenvalue weighted by Gasteiger charge is 2.43. The predicted molar refractivity (Wildman–Crippen MR) is 71.0 cm³/mol. The number of hydrogen-bond acceptors (Lipinski definition) is 5. The largest absolute Gasteiger partial charge is 0.318 e. The van der Waals surface area contributed by atoms with E-state index in [0.29, 0.717) is 11.9 Å². The topological polar surface area (TPSA) is 83.7 Å². The Morgan fingerprint density at radius 3 is 2.89 bits per heavy atom. The first-order chi connectivity index (χ1) is 9.17. The number of tetrazole rings is 1. The molecule has 0 amide bonds.